The first-order chi connectivity index (χ1) is 12.3. The molecule has 0 aromatic carbocycles. The van der Waals surface area contributed by atoms with E-state index in [4.69, 9.17) is 9.47 Å². The molecule has 0 N–H and O–H groups in total. The van der Waals surface area contributed by atoms with Gasteiger partial charge in [-0.05, 0) is 64.9 Å². The Kier molecular flexibility index (Phi) is 8.00. The molecule has 0 bridgehead atoms. The van der Waals surface area contributed by atoms with E-state index < -0.39 is 0 Å². The lowest BCUT2D eigenvalue weighted by molar-refractivity contribution is -0.123. The van der Waals surface area contributed by atoms with Crippen molar-refractivity contribution in [2.24, 2.45) is 5.92 Å². The van der Waals surface area contributed by atoms with E-state index in [0.717, 1.165) is 24.8 Å². The zero-order valence-corrected chi connectivity index (χ0v) is 17.5. The fourth-order valence-electron chi connectivity index (χ4n) is 4.62. The fourth-order valence-corrected chi connectivity index (χ4v) is 4.62. The minimum Gasteiger partial charge on any atom is -0.439 e. The monoisotopic (exact) mass is 365 g/mol. The number of nitrogens with zero attached hydrogens (tertiary/aromatic N) is 1. The first-order valence-corrected chi connectivity index (χ1v) is 10.7. The zero-order valence-electron chi connectivity index (χ0n) is 17.5. The summed E-state index contributed by atoms with van der Waals surface area (Å²) in [7, 11) is 0. The molecule has 26 heavy (non-hydrogen) atoms. The van der Waals surface area contributed by atoms with Crippen molar-refractivity contribution in [1.82, 2.24) is 4.90 Å². The van der Waals surface area contributed by atoms with Crippen molar-refractivity contribution in [3.63, 3.8) is 0 Å². The summed E-state index contributed by atoms with van der Waals surface area (Å²) in [5.41, 5.74) is 1.03. The molecule has 1 aliphatic carbocycles. The predicted octanol–water partition coefficient (Wildman–Crippen LogP) is 5.70. The van der Waals surface area contributed by atoms with Gasteiger partial charge in [-0.3, -0.25) is 0 Å². The molecule has 0 radical (unpaired) electrons. The molecule has 2 fully saturated rings. The van der Waals surface area contributed by atoms with E-state index in [2.05, 4.69) is 13.5 Å². The molecule has 4 heteroatoms. The number of hydrogen-bond donors (Lipinski definition) is 0. The Balaban J connectivity index is 2.07. The Labute approximate surface area is 160 Å². The van der Waals surface area contributed by atoms with Gasteiger partial charge in [-0.1, -0.05) is 39.2 Å². The van der Waals surface area contributed by atoms with Crippen molar-refractivity contribution < 1.29 is 14.3 Å². The molecule has 2 aliphatic rings. The SMILES string of the molecule is C=C1C[C@H](C2CCCCC2)O[C@H](CCC)[C@@H]1OC(=O)N(C(C)C)C(C)C. The highest BCUT2D eigenvalue weighted by molar-refractivity contribution is 5.69. The molecule has 1 saturated carbocycles. The summed E-state index contributed by atoms with van der Waals surface area (Å²) in [4.78, 5) is 14.6. The van der Waals surface area contributed by atoms with Crippen molar-refractivity contribution in [3.8, 4) is 0 Å². The minimum absolute atomic E-state index is 0.0571. The van der Waals surface area contributed by atoms with Gasteiger partial charge < -0.3 is 14.4 Å². The molecule has 0 spiro atoms. The van der Waals surface area contributed by atoms with Gasteiger partial charge in [-0.15, -0.1) is 0 Å². The maximum Gasteiger partial charge on any atom is 0.410 e. The van der Waals surface area contributed by atoms with E-state index >= 15 is 0 Å². The Morgan fingerprint density at radius 1 is 1.19 bits per heavy atom. The first kappa shape index (κ1) is 21.3. The van der Waals surface area contributed by atoms with Gasteiger partial charge in [0.2, 0.25) is 0 Å². The van der Waals surface area contributed by atoms with E-state index in [1.165, 1.54) is 32.1 Å². The van der Waals surface area contributed by atoms with Crippen LogP contribution in [0.4, 0.5) is 4.79 Å². The molecular formula is C22H39NO3. The highest BCUT2D eigenvalue weighted by atomic mass is 16.6. The summed E-state index contributed by atoms with van der Waals surface area (Å²) in [6.45, 7) is 14.6. The van der Waals surface area contributed by atoms with Gasteiger partial charge in [-0.2, -0.15) is 0 Å². The lowest BCUT2D eigenvalue weighted by atomic mass is 9.80. The molecule has 0 aromatic rings. The van der Waals surface area contributed by atoms with Crippen LogP contribution in [0.1, 0.15) is 86.0 Å². The minimum atomic E-state index is -0.317. The predicted molar refractivity (Wildman–Crippen MR) is 106 cm³/mol. The quantitative estimate of drug-likeness (QED) is 0.566. The summed E-state index contributed by atoms with van der Waals surface area (Å²) in [6, 6.07) is 0.222. The highest BCUT2D eigenvalue weighted by Crippen LogP contribution is 2.37. The number of ether oxygens (including phenoxy) is 2. The maximum atomic E-state index is 12.8. The average Bonchev–Trinajstić information content (AvgIpc) is 2.58. The van der Waals surface area contributed by atoms with Gasteiger partial charge >= 0.3 is 6.09 Å². The van der Waals surface area contributed by atoms with Gasteiger partial charge in [0.1, 0.15) is 0 Å². The number of carbonyl (C=O) groups excluding carboxylic acids is 1. The van der Waals surface area contributed by atoms with Crippen LogP contribution in [0.5, 0.6) is 0 Å². The lowest BCUT2D eigenvalue weighted by Gasteiger charge is -2.42. The second-order valence-electron chi connectivity index (χ2n) is 8.66. The molecule has 0 aromatic heterocycles. The maximum absolute atomic E-state index is 12.8. The number of amides is 1. The molecular weight excluding hydrogens is 326 g/mol. The number of carbonyl (C=O) groups is 1. The fraction of sp³-hybridized carbons (Fsp3) is 0.864. The third-order valence-electron chi connectivity index (χ3n) is 5.85. The summed E-state index contributed by atoms with van der Waals surface area (Å²) in [5.74, 6) is 0.638. The van der Waals surface area contributed by atoms with Crippen LogP contribution < -0.4 is 0 Å². The first-order valence-electron chi connectivity index (χ1n) is 10.7. The molecule has 4 nitrogen and oxygen atoms in total. The van der Waals surface area contributed by atoms with E-state index in [0.29, 0.717) is 5.92 Å². The highest BCUT2D eigenvalue weighted by Gasteiger charge is 2.40. The van der Waals surface area contributed by atoms with Gasteiger partial charge in [0, 0.05) is 12.1 Å². The molecule has 1 heterocycles. The molecule has 2 rings (SSSR count). The van der Waals surface area contributed by atoms with Crippen LogP contribution in [0.25, 0.3) is 0 Å². The van der Waals surface area contributed by atoms with Crippen molar-refractivity contribution in [2.45, 2.75) is 116 Å². The largest absolute Gasteiger partial charge is 0.439 e. The third kappa shape index (κ3) is 5.25. The second-order valence-corrected chi connectivity index (χ2v) is 8.66. The van der Waals surface area contributed by atoms with Crippen molar-refractivity contribution in [3.05, 3.63) is 12.2 Å². The van der Waals surface area contributed by atoms with Crippen LogP contribution in [0.2, 0.25) is 0 Å². The smallest absolute Gasteiger partial charge is 0.410 e. The molecule has 1 amide bonds. The average molecular weight is 366 g/mol. The van der Waals surface area contributed by atoms with E-state index in [9.17, 15) is 4.79 Å². The van der Waals surface area contributed by atoms with E-state index in [1.807, 2.05) is 27.7 Å². The van der Waals surface area contributed by atoms with Gasteiger partial charge in [-0.25, -0.2) is 4.79 Å². The molecule has 1 aliphatic heterocycles. The topological polar surface area (TPSA) is 38.8 Å². The van der Waals surface area contributed by atoms with Crippen LogP contribution in [0.15, 0.2) is 12.2 Å². The summed E-state index contributed by atoms with van der Waals surface area (Å²) in [5, 5.41) is 0. The van der Waals surface area contributed by atoms with Crippen LogP contribution in [-0.4, -0.2) is 41.4 Å². The lowest BCUT2D eigenvalue weighted by Crippen LogP contribution is -2.49. The molecule has 150 valence electrons. The van der Waals surface area contributed by atoms with Crippen molar-refractivity contribution in [1.29, 1.82) is 0 Å². The zero-order chi connectivity index (χ0) is 19.3. The van der Waals surface area contributed by atoms with Gasteiger partial charge in [0.25, 0.3) is 0 Å². The van der Waals surface area contributed by atoms with Crippen LogP contribution >= 0.6 is 0 Å². The standard InChI is InChI=1S/C22H39NO3/c1-7-11-19-21(26-22(24)23(15(2)3)16(4)5)17(6)14-20(25-19)18-12-9-8-10-13-18/h15-16,18-21H,6-14H2,1-5H3/t19-,20-,21-/m1/s1. The Morgan fingerprint density at radius 3 is 2.35 bits per heavy atom. The van der Waals surface area contributed by atoms with Crippen LogP contribution in [-0.2, 0) is 9.47 Å². The van der Waals surface area contributed by atoms with E-state index in [-0.39, 0.29) is 36.5 Å². The van der Waals surface area contributed by atoms with Gasteiger partial charge in [0.15, 0.2) is 6.10 Å². The summed E-state index contributed by atoms with van der Waals surface area (Å²) < 4.78 is 12.4. The summed E-state index contributed by atoms with van der Waals surface area (Å²) >= 11 is 0. The third-order valence-corrected chi connectivity index (χ3v) is 5.85. The number of hydrogen-bond acceptors (Lipinski definition) is 3. The number of rotatable bonds is 6. The van der Waals surface area contributed by atoms with E-state index in [1.54, 1.807) is 4.90 Å². The van der Waals surface area contributed by atoms with Crippen molar-refractivity contribution in [2.75, 3.05) is 0 Å². The molecule has 1 saturated heterocycles. The molecule has 0 unspecified atom stereocenters. The normalized spacial score (nSPS) is 27.8. The van der Waals surface area contributed by atoms with Gasteiger partial charge in [0.05, 0.1) is 12.2 Å². The van der Waals surface area contributed by atoms with Crippen LogP contribution in [0, 0.1) is 5.92 Å². The Bertz CT molecular complexity index is 460. The molecule has 3 atom stereocenters. The Morgan fingerprint density at radius 2 is 1.81 bits per heavy atom. The van der Waals surface area contributed by atoms with Crippen LogP contribution in [0.3, 0.4) is 0 Å². The second kappa shape index (κ2) is 9.77. The summed E-state index contributed by atoms with van der Waals surface area (Å²) in [6.07, 6.45) is 8.87. The van der Waals surface area contributed by atoms with Crippen molar-refractivity contribution >= 4 is 6.09 Å². The Hall–Kier alpha value is -1.03.